The number of aliphatic carboxylic acids is 1. The average molecular weight is 425 g/mol. The first-order valence-electron chi connectivity index (χ1n) is 10.1. The van der Waals surface area contributed by atoms with Crippen molar-refractivity contribution in [3.8, 4) is 0 Å². The van der Waals surface area contributed by atoms with Crippen molar-refractivity contribution >= 4 is 29.3 Å². The van der Waals surface area contributed by atoms with Gasteiger partial charge < -0.3 is 25.5 Å². The number of amides is 2. The van der Waals surface area contributed by atoms with E-state index in [0.29, 0.717) is 17.8 Å². The van der Waals surface area contributed by atoms with E-state index in [2.05, 4.69) is 15.6 Å². The number of rotatable bonds is 7. The summed E-state index contributed by atoms with van der Waals surface area (Å²) < 4.78 is 0. The number of carboxylic acid groups (broad SMARTS) is 1. The molecule has 3 rings (SSSR count). The highest BCUT2D eigenvalue weighted by atomic mass is 16.4. The molecule has 0 saturated heterocycles. The third kappa shape index (κ3) is 5.30. The maximum atomic E-state index is 13.0. The molecule has 0 radical (unpaired) electrons. The van der Waals surface area contributed by atoms with Crippen molar-refractivity contribution in [2.75, 3.05) is 31.3 Å². The molecular weight excluding hydrogens is 398 g/mol. The third-order valence-electron chi connectivity index (χ3n) is 5.05. The number of likely N-dealkylation sites (N-methyl/N-ethyl adjacent to an activating group) is 1. The first kappa shape index (κ1) is 22.1. The zero-order chi connectivity index (χ0) is 22.5. The van der Waals surface area contributed by atoms with E-state index in [1.807, 2.05) is 25.1 Å². The van der Waals surface area contributed by atoms with Crippen LogP contribution in [0.3, 0.4) is 0 Å². The number of nitrogens with one attached hydrogen (secondary N) is 2. The van der Waals surface area contributed by atoms with Gasteiger partial charge in [-0.1, -0.05) is 6.07 Å². The van der Waals surface area contributed by atoms with E-state index < -0.39 is 12.0 Å². The largest absolute Gasteiger partial charge is 0.481 e. The second-order valence-corrected chi connectivity index (χ2v) is 7.57. The second-order valence-electron chi connectivity index (χ2n) is 7.57. The van der Waals surface area contributed by atoms with Gasteiger partial charge in [-0.3, -0.25) is 14.4 Å². The lowest BCUT2D eigenvalue weighted by Crippen LogP contribution is -2.39. The van der Waals surface area contributed by atoms with Crippen molar-refractivity contribution in [2.45, 2.75) is 32.5 Å². The molecule has 3 N–H and O–H groups in total. The normalized spacial score (nSPS) is 15.5. The first-order chi connectivity index (χ1) is 14.8. The molecule has 9 nitrogen and oxygen atoms in total. The Kier molecular flexibility index (Phi) is 6.74. The molecule has 0 spiro atoms. The number of hydrogen-bond donors (Lipinski definition) is 3. The van der Waals surface area contributed by atoms with E-state index in [9.17, 15) is 14.4 Å². The molecule has 2 aromatic rings. The van der Waals surface area contributed by atoms with Gasteiger partial charge >= 0.3 is 5.97 Å². The molecule has 0 bridgehead atoms. The van der Waals surface area contributed by atoms with Gasteiger partial charge in [-0.25, -0.2) is 4.98 Å². The summed E-state index contributed by atoms with van der Waals surface area (Å²) in [6.45, 7) is 3.39. The summed E-state index contributed by atoms with van der Waals surface area (Å²) in [6.07, 6.45) is -0.314. The fourth-order valence-electron chi connectivity index (χ4n) is 3.54. The summed E-state index contributed by atoms with van der Waals surface area (Å²) in [6, 6.07) is 9.95. The molecule has 1 aliphatic rings. The van der Waals surface area contributed by atoms with Crippen molar-refractivity contribution in [2.24, 2.45) is 0 Å². The van der Waals surface area contributed by atoms with Crippen LogP contribution in [0.2, 0.25) is 0 Å². The number of aromatic nitrogens is 1. The summed E-state index contributed by atoms with van der Waals surface area (Å²) in [5.41, 5.74) is 2.68. The number of carbonyl (C=O) groups is 3. The Morgan fingerprint density at radius 1 is 1.32 bits per heavy atom. The zero-order valence-electron chi connectivity index (χ0n) is 17.9. The lowest BCUT2D eigenvalue weighted by Gasteiger charge is -2.19. The summed E-state index contributed by atoms with van der Waals surface area (Å²) in [5.74, 6) is -0.752. The predicted octanol–water partition coefficient (Wildman–Crippen LogP) is 2.01. The molecule has 1 aliphatic heterocycles. The molecule has 1 aromatic heterocycles. The van der Waals surface area contributed by atoms with E-state index in [1.54, 1.807) is 37.2 Å². The van der Waals surface area contributed by atoms with Crippen LogP contribution in [-0.2, 0) is 22.7 Å². The summed E-state index contributed by atoms with van der Waals surface area (Å²) in [7, 11) is 3.34. The summed E-state index contributed by atoms with van der Waals surface area (Å²) >= 11 is 0. The van der Waals surface area contributed by atoms with Crippen LogP contribution in [0, 0.1) is 0 Å². The number of nitrogens with zero attached hydrogens (tertiary/aromatic N) is 3. The van der Waals surface area contributed by atoms with Crippen LogP contribution < -0.4 is 10.6 Å². The van der Waals surface area contributed by atoms with Crippen molar-refractivity contribution < 1.29 is 19.5 Å². The van der Waals surface area contributed by atoms with Crippen molar-refractivity contribution in [3.05, 3.63) is 53.2 Å². The fourth-order valence-corrected chi connectivity index (χ4v) is 3.54. The van der Waals surface area contributed by atoms with Gasteiger partial charge in [-0.2, -0.15) is 0 Å². The number of hydrogen-bond acceptors (Lipinski definition) is 6. The van der Waals surface area contributed by atoms with E-state index in [1.165, 1.54) is 4.90 Å². The lowest BCUT2D eigenvalue weighted by molar-refractivity contribution is -0.141. The monoisotopic (exact) mass is 425 g/mol. The summed E-state index contributed by atoms with van der Waals surface area (Å²) in [4.78, 5) is 44.1. The Bertz CT molecular complexity index is 994. The predicted molar refractivity (Wildman–Crippen MR) is 117 cm³/mol. The minimum absolute atomic E-state index is 0.168. The van der Waals surface area contributed by atoms with Gasteiger partial charge in [0.05, 0.1) is 18.7 Å². The molecule has 1 atom stereocenters. The fraction of sp³-hybridized carbons (Fsp3) is 0.364. The molecule has 2 heterocycles. The van der Waals surface area contributed by atoms with E-state index in [-0.39, 0.29) is 24.8 Å². The molecule has 164 valence electrons. The molecule has 31 heavy (non-hydrogen) atoms. The molecule has 9 heteroatoms. The maximum absolute atomic E-state index is 13.0. The van der Waals surface area contributed by atoms with Crippen molar-refractivity contribution in [1.29, 1.82) is 0 Å². The van der Waals surface area contributed by atoms with Crippen molar-refractivity contribution in [3.63, 3.8) is 0 Å². The van der Waals surface area contributed by atoms with E-state index in [0.717, 1.165) is 23.6 Å². The van der Waals surface area contributed by atoms with Crippen LogP contribution in [0.15, 0.2) is 36.4 Å². The van der Waals surface area contributed by atoms with E-state index >= 15 is 0 Å². The van der Waals surface area contributed by atoms with Gasteiger partial charge in [0, 0.05) is 38.4 Å². The topological polar surface area (TPSA) is 115 Å². The second kappa shape index (κ2) is 9.46. The van der Waals surface area contributed by atoms with Crippen LogP contribution in [0.4, 0.5) is 11.5 Å². The number of pyridine rings is 1. The lowest BCUT2D eigenvalue weighted by atomic mass is 10.1. The van der Waals surface area contributed by atoms with Gasteiger partial charge in [-0.05, 0) is 42.8 Å². The molecule has 0 fully saturated rings. The Balaban J connectivity index is 1.77. The van der Waals surface area contributed by atoms with Gasteiger partial charge in [0.15, 0.2) is 0 Å². The van der Waals surface area contributed by atoms with Gasteiger partial charge in [0.2, 0.25) is 5.91 Å². The standard InChI is InChI=1S/C22H27N5O4/c1-4-23-19-7-5-6-16(24-19)13-27(3)21(30)14-8-9-17-15(10-14)12-26(2)22(31)18(25-17)11-20(28)29/h5-10,18,25H,4,11-13H2,1-3H3,(H,23,24)(H,28,29)/t18-/m0/s1. The van der Waals surface area contributed by atoms with Gasteiger partial charge in [-0.15, -0.1) is 0 Å². The van der Waals surface area contributed by atoms with Crippen LogP contribution in [0.5, 0.6) is 0 Å². The Labute approximate surface area is 181 Å². The van der Waals surface area contributed by atoms with E-state index in [4.69, 9.17) is 5.11 Å². The minimum Gasteiger partial charge on any atom is -0.481 e. The highest BCUT2D eigenvalue weighted by molar-refractivity contribution is 5.95. The highest BCUT2D eigenvalue weighted by Gasteiger charge is 2.29. The average Bonchev–Trinajstić information content (AvgIpc) is 2.84. The summed E-state index contributed by atoms with van der Waals surface area (Å²) in [5, 5.41) is 15.3. The minimum atomic E-state index is -1.05. The van der Waals surface area contributed by atoms with Crippen LogP contribution in [0.1, 0.15) is 35.0 Å². The van der Waals surface area contributed by atoms with Crippen LogP contribution >= 0.6 is 0 Å². The smallest absolute Gasteiger partial charge is 0.305 e. The quantitative estimate of drug-likeness (QED) is 0.622. The van der Waals surface area contributed by atoms with Crippen molar-refractivity contribution in [1.82, 2.24) is 14.8 Å². The third-order valence-corrected chi connectivity index (χ3v) is 5.05. The molecule has 2 amide bonds. The van der Waals surface area contributed by atoms with Crippen LogP contribution in [-0.4, -0.2) is 64.4 Å². The Morgan fingerprint density at radius 2 is 2.10 bits per heavy atom. The van der Waals surface area contributed by atoms with Gasteiger partial charge in [0.1, 0.15) is 11.9 Å². The zero-order valence-corrected chi connectivity index (χ0v) is 17.9. The maximum Gasteiger partial charge on any atom is 0.305 e. The molecule has 0 saturated carbocycles. The van der Waals surface area contributed by atoms with Gasteiger partial charge in [0.25, 0.3) is 5.91 Å². The Hall–Kier alpha value is -3.62. The molecule has 1 aromatic carbocycles. The van der Waals surface area contributed by atoms with Crippen LogP contribution in [0.25, 0.3) is 0 Å². The molecule has 0 aliphatic carbocycles. The number of carboxylic acids is 1. The highest BCUT2D eigenvalue weighted by Crippen LogP contribution is 2.25. The Morgan fingerprint density at radius 3 is 2.81 bits per heavy atom. The SMILES string of the molecule is CCNc1cccc(CN(C)C(=O)c2ccc3c(c2)CN(C)C(=O)[C@H](CC(=O)O)N3)n1. The number of anilines is 2. The first-order valence-corrected chi connectivity index (χ1v) is 10.1. The molecular formula is C22H27N5O4. The number of carbonyl (C=O) groups excluding carboxylic acids is 2. The number of fused-ring (bicyclic) bond motifs is 1. The molecule has 0 unspecified atom stereocenters. The number of benzene rings is 1.